The highest BCUT2D eigenvalue weighted by molar-refractivity contribution is 7.98. The standard InChI is InChI=1S/C11H16N2O3S/c1-17-8-9(6-7-14)12-10-4-2-3-5-11(10)13(15)16/h2-5,9,12,14H,6-8H2,1H3. The number of rotatable bonds is 7. The Morgan fingerprint density at radius 3 is 2.82 bits per heavy atom. The number of aliphatic hydroxyl groups excluding tert-OH is 1. The maximum absolute atomic E-state index is 10.8. The smallest absolute Gasteiger partial charge is 0.292 e. The molecule has 0 amide bonds. The monoisotopic (exact) mass is 256 g/mol. The van der Waals surface area contributed by atoms with Crippen molar-refractivity contribution in [3.8, 4) is 0 Å². The van der Waals surface area contributed by atoms with Crippen LogP contribution in [-0.4, -0.2) is 34.7 Å². The number of thioether (sulfide) groups is 1. The molecule has 94 valence electrons. The zero-order chi connectivity index (χ0) is 12.7. The predicted octanol–water partition coefficient (Wildman–Crippen LogP) is 2.12. The minimum atomic E-state index is -0.405. The number of hydrogen-bond acceptors (Lipinski definition) is 5. The van der Waals surface area contributed by atoms with E-state index in [1.807, 2.05) is 6.26 Å². The molecule has 0 aliphatic heterocycles. The van der Waals surface area contributed by atoms with Crippen LogP contribution in [-0.2, 0) is 0 Å². The van der Waals surface area contributed by atoms with E-state index in [1.165, 1.54) is 6.07 Å². The fourth-order valence-electron chi connectivity index (χ4n) is 1.53. The van der Waals surface area contributed by atoms with E-state index in [2.05, 4.69) is 5.32 Å². The van der Waals surface area contributed by atoms with Gasteiger partial charge in [0.25, 0.3) is 5.69 Å². The maximum Gasteiger partial charge on any atom is 0.292 e. The molecule has 1 rings (SSSR count). The van der Waals surface area contributed by atoms with Crippen molar-refractivity contribution >= 4 is 23.1 Å². The Morgan fingerprint density at radius 1 is 1.53 bits per heavy atom. The summed E-state index contributed by atoms with van der Waals surface area (Å²) in [5.74, 6) is 0.798. The van der Waals surface area contributed by atoms with Crippen LogP contribution in [0.1, 0.15) is 6.42 Å². The lowest BCUT2D eigenvalue weighted by Gasteiger charge is -2.17. The van der Waals surface area contributed by atoms with Crippen molar-refractivity contribution in [3.05, 3.63) is 34.4 Å². The highest BCUT2D eigenvalue weighted by Crippen LogP contribution is 2.24. The second-order valence-electron chi connectivity index (χ2n) is 3.58. The molecule has 1 unspecified atom stereocenters. The summed E-state index contributed by atoms with van der Waals surface area (Å²) in [4.78, 5) is 10.4. The Balaban J connectivity index is 2.80. The normalized spacial score (nSPS) is 12.1. The molecule has 0 fully saturated rings. The Morgan fingerprint density at radius 2 is 2.24 bits per heavy atom. The van der Waals surface area contributed by atoms with Crippen LogP contribution in [0.25, 0.3) is 0 Å². The van der Waals surface area contributed by atoms with Crippen molar-refractivity contribution in [1.82, 2.24) is 0 Å². The summed E-state index contributed by atoms with van der Waals surface area (Å²) < 4.78 is 0. The molecule has 1 aromatic rings. The molecule has 0 saturated heterocycles. The molecule has 2 N–H and O–H groups in total. The Kier molecular flexibility index (Phi) is 5.79. The summed E-state index contributed by atoms with van der Waals surface area (Å²) in [6.07, 6.45) is 2.54. The third-order valence-corrected chi connectivity index (χ3v) is 3.04. The first-order chi connectivity index (χ1) is 8.19. The maximum atomic E-state index is 10.8. The van der Waals surface area contributed by atoms with Gasteiger partial charge in [-0.1, -0.05) is 12.1 Å². The quantitative estimate of drug-likeness (QED) is 0.577. The van der Waals surface area contributed by atoms with Gasteiger partial charge < -0.3 is 10.4 Å². The van der Waals surface area contributed by atoms with E-state index in [1.54, 1.807) is 30.0 Å². The van der Waals surface area contributed by atoms with Crippen molar-refractivity contribution in [2.24, 2.45) is 0 Å². The molecule has 0 bridgehead atoms. The Hall–Kier alpha value is -1.27. The van der Waals surface area contributed by atoms with Crippen LogP contribution in [0.5, 0.6) is 0 Å². The molecule has 0 saturated carbocycles. The van der Waals surface area contributed by atoms with Crippen molar-refractivity contribution < 1.29 is 10.0 Å². The molecule has 0 aliphatic rings. The molecule has 5 nitrogen and oxygen atoms in total. The number of anilines is 1. The second-order valence-corrected chi connectivity index (χ2v) is 4.49. The van der Waals surface area contributed by atoms with Crippen molar-refractivity contribution in [2.75, 3.05) is 23.9 Å². The van der Waals surface area contributed by atoms with Crippen LogP contribution < -0.4 is 5.32 Å². The molecule has 1 aromatic carbocycles. The Labute approximate surface area is 104 Å². The summed E-state index contributed by atoms with van der Waals surface area (Å²) in [5.41, 5.74) is 0.571. The highest BCUT2D eigenvalue weighted by atomic mass is 32.2. The fourth-order valence-corrected chi connectivity index (χ4v) is 2.18. The number of para-hydroxylation sites is 2. The first-order valence-corrected chi connectivity index (χ1v) is 6.68. The lowest BCUT2D eigenvalue weighted by Crippen LogP contribution is -2.24. The van der Waals surface area contributed by atoms with Gasteiger partial charge in [-0.3, -0.25) is 10.1 Å². The summed E-state index contributed by atoms with van der Waals surface area (Å²) >= 11 is 1.64. The van der Waals surface area contributed by atoms with Gasteiger partial charge in [-0.25, -0.2) is 0 Å². The number of nitro benzene ring substituents is 1. The van der Waals surface area contributed by atoms with Crippen LogP contribution in [0.2, 0.25) is 0 Å². The fraction of sp³-hybridized carbons (Fsp3) is 0.455. The van der Waals surface area contributed by atoms with E-state index in [0.717, 1.165) is 5.75 Å². The largest absolute Gasteiger partial charge is 0.396 e. The van der Waals surface area contributed by atoms with Crippen LogP contribution in [0.4, 0.5) is 11.4 Å². The third-order valence-electron chi connectivity index (χ3n) is 2.31. The minimum absolute atomic E-state index is 0.0381. The highest BCUT2D eigenvalue weighted by Gasteiger charge is 2.15. The van der Waals surface area contributed by atoms with E-state index in [4.69, 9.17) is 5.11 Å². The van der Waals surface area contributed by atoms with E-state index in [0.29, 0.717) is 12.1 Å². The average Bonchev–Trinajstić information content (AvgIpc) is 2.30. The summed E-state index contributed by atoms with van der Waals surface area (Å²) in [5, 5.41) is 22.9. The van der Waals surface area contributed by atoms with Gasteiger partial charge in [0.05, 0.1) is 4.92 Å². The number of benzene rings is 1. The number of nitro groups is 1. The number of nitrogens with zero attached hydrogens (tertiary/aromatic N) is 1. The lowest BCUT2D eigenvalue weighted by molar-refractivity contribution is -0.384. The molecule has 1 atom stereocenters. The van der Waals surface area contributed by atoms with Crippen LogP contribution >= 0.6 is 11.8 Å². The molecule has 6 heteroatoms. The first kappa shape index (κ1) is 13.8. The third kappa shape index (κ3) is 4.24. The van der Waals surface area contributed by atoms with Crippen LogP contribution in [0.3, 0.4) is 0 Å². The topological polar surface area (TPSA) is 75.4 Å². The lowest BCUT2D eigenvalue weighted by atomic mass is 10.2. The van der Waals surface area contributed by atoms with E-state index in [9.17, 15) is 10.1 Å². The molecular formula is C11H16N2O3S. The van der Waals surface area contributed by atoms with Crippen molar-refractivity contribution in [1.29, 1.82) is 0 Å². The van der Waals surface area contributed by atoms with E-state index < -0.39 is 4.92 Å². The molecule has 0 heterocycles. The minimum Gasteiger partial charge on any atom is -0.396 e. The number of hydrogen-bond donors (Lipinski definition) is 2. The SMILES string of the molecule is CSCC(CCO)Nc1ccccc1[N+](=O)[O-]. The molecule has 0 radical (unpaired) electrons. The summed E-state index contributed by atoms with van der Waals surface area (Å²) in [6, 6.07) is 6.58. The molecule has 0 aromatic heterocycles. The van der Waals surface area contributed by atoms with Gasteiger partial charge in [0.15, 0.2) is 0 Å². The van der Waals surface area contributed by atoms with E-state index in [-0.39, 0.29) is 18.3 Å². The van der Waals surface area contributed by atoms with Gasteiger partial charge >= 0.3 is 0 Å². The summed E-state index contributed by atoms with van der Waals surface area (Å²) in [7, 11) is 0. The van der Waals surface area contributed by atoms with Crippen LogP contribution in [0.15, 0.2) is 24.3 Å². The molecule has 0 spiro atoms. The van der Waals surface area contributed by atoms with Gasteiger partial charge in [-0.2, -0.15) is 11.8 Å². The number of nitrogens with one attached hydrogen (secondary N) is 1. The Bertz CT molecular complexity index is 367. The second kappa shape index (κ2) is 7.13. The van der Waals surface area contributed by atoms with Gasteiger partial charge in [0.1, 0.15) is 5.69 Å². The van der Waals surface area contributed by atoms with Gasteiger partial charge in [-0.05, 0) is 18.7 Å². The van der Waals surface area contributed by atoms with E-state index >= 15 is 0 Å². The summed E-state index contributed by atoms with van der Waals surface area (Å²) in [6.45, 7) is 0.0683. The van der Waals surface area contributed by atoms with Gasteiger partial charge in [0, 0.05) is 24.5 Å². The van der Waals surface area contributed by atoms with Gasteiger partial charge in [0.2, 0.25) is 0 Å². The van der Waals surface area contributed by atoms with Crippen molar-refractivity contribution in [3.63, 3.8) is 0 Å². The van der Waals surface area contributed by atoms with Crippen LogP contribution in [0, 0.1) is 10.1 Å². The zero-order valence-electron chi connectivity index (χ0n) is 9.63. The molecular weight excluding hydrogens is 240 g/mol. The molecule has 0 aliphatic carbocycles. The predicted molar refractivity (Wildman–Crippen MR) is 70.6 cm³/mol. The number of aliphatic hydroxyl groups is 1. The first-order valence-electron chi connectivity index (χ1n) is 5.28. The molecule has 17 heavy (non-hydrogen) atoms. The average molecular weight is 256 g/mol. The van der Waals surface area contributed by atoms with Crippen molar-refractivity contribution in [2.45, 2.75) is 12.5 Å². The zero-order valence-corrected chi connectivity index (χ0v) is 10.4. The van der Waals surface area contributed by atoms with Gasteiger partial charge in [-0.15, -0.1) is 0 Å².